The molecule has 3 fully saturated rings. The zero-order valence-corrected chi connectivity index (χ0v) is 12.4. The summed E-state index contributed by atoms with van der Waals surface area (Å²) in [6, 6.07) is -0.308. The Kier molecular flexibility index (Phi) is 4.27. The molecule has 3 rings (SSSR count). The van der Waals surface area contributed by atoms with Crippen molar-refractivity contribution in [3.05, 3.63) is 0 Å². The molecule has 112 valence electrons. The second kappa shape index (κ2) is 6.15. The van der Waals surface area contributed by atoms with Crippen molar-refractivity contribution < 1.29 is 9.59 Å². The van der Waals surface area contributed by atoms with Crippen LogP contribution in [0.4, 0.5) is 0 Å². The van der Waals surface area contributed by atoms with Crippen LogP contribution in [0.25, 0.3) is 0 Å². The quantitative estimate of drug-likeness (QED) is 0.682. The molecule has 0 aromatic heterocycles. The summed E-state index contributed by atoms with van der Waals surface area (Å²) in [5.41, 5.74) is 0. The van der Waals surface area contributed by atoms with Crippen LogP contribution in [0.5, 0.6) is 0 Å². The smallest absolute Gasteiger partial charge is 0.246 e. The van der Waals surface area contributed by atoms with Crippen molar-refractivity contribution in [2.24, 2.45) is 0 Å². The van der Waals surface area contributed by atoms with Gasteiger partial charge in [0.1, 0.15) is 12.1 Å². The summed E-state index contributed by atoms with van der Waals surface area (Å²) in [7, 11) is 0. The summed E-state index contributed by atoms with van der Waals surface area (Å²) in [5, 5.41) is 0. The van der Waals surface area contributed by atoms with Crippen molar-refractivity contribution >= 4 is 11.8 Å². The minimum Gasteiger partial charge on any atom is -0.329 e. The van der Waals surface area contributed by atoms with E-state index in [-0.39, 0.29) is 23.9 Å². The fraction of sp³-hybridized carbons (Fsp3) is 0.875. The van der Waals surface area contributed by atoms with Gasteiger partial charge < -0.3 is 9.80 Å². The summed E-state index contributed by atoms with van der Waals surface area (Å²) >= 11 is 0. The number of carbonyl (C=O) groups excluding carboxylic acids is 2. The van der Waals surface area contributed by atoms with Crippen LogP contribution in [0.1, 0.15) is 64.2 Å². The van der Waals surface area contributed by atoms with Gasteiger partial charge in [-0.05, 0) is 25.7 Å². The summed E-state index contributed by atoms with van der Waals surface area (Å²) in [4.78, 5) is 29.4. The molecule has 0 saturated carbocycles. The van der Waals surface area contributed by atoms with Gasteiger partial charge in [0, 0.05) is 13.1 Å². The number of nitrogens with zero attached hydrogens (tertiary/aromatic N) is 2. The molecule has 0 aromatic rings. The molecule has 0 N–H and O–H groups in total. The Balaban J connectivity index is 1.83. The van der Waals surface area contributed by atoms with Crippen LogP contribution < -0.4 is 0 Å². The number of rotatable bonds is 0. The van der Waals surface area contributed by atoms with Gasteiger partial charge in [-0.25, -0.2) is 0 Å². The molecule has 20 heavy (non-hydrogen) atoms. The molecule has 2 atom stereocenters. The number of amides is 2. The van der Waals surface area contributed by atoms with Gasteiger partial charge in [0.05, 0.1) is 0 Å². The van der Waals surface area contributed by atoms with E-state index in [9.17, 15) is 9.59 Å². The molecular formula is C16H26N2O2. The third-order valence-corrected chi connectivity index (χ3v) is 5.14. The molecule has 0 aromatic carbocycles. The first-order valence-electron chi connectivity index (χ1n) is 8.40. The van der Waals surface area contributed by atoms with Gasteiger partial charge >= 0.3 is 0 Å². The van der Waals surface area contributed by atoms with Crippen molar-refractivity contribution in [3.63, 3.8) is 0 Å². The molecule has 3 aliphatic heterocycles. The molecular weight excluding hydrogens is 252 g/mol. The largest absolute Gasteiger partial charge is 0.329 e. The van der Waals surface area contributed by atoms with Crippen molar-refractivity contribution in [2.45, 2.75) is 76.3 Å². The van der Waals surface area contributed by atoms with Gasteiger partial charge in [-0.15, -0.1) is 0 Å². The van der Waals surface area contributed by atoms with Crippen molar-refractivity contribution in [3.8, 4) is 0 Å². The lowest BCUT2D eigenvalue weighted by Gasteiger charge is -2.46. The van der Waals surface area contributed by atoms with Gasteiger partial charge in [0.25, 0.3) is 0 Å². The first kappa shape index (κ1) is 13.9. The van der Waals surface area contributed by atoms with E-state index in [1.54, 1.807) is 0 Å². The zero-order chi connectivity index (χ0) is 13.9. The predicted molar refractivity (Wildman–Crippen MR) is 77.2 cm³/mol. The molecule has 3 saturated heterocycles. The maximum absolute atomic E-state index is 12.8. The Morgan fingerprint density at radius 3 is 1.45 bits per heavy atom. The second-order valence-electron chi connectivity index (χ2n) is 6.50. The fourth-order valence-corrected chi connectivity index (χ4v) is 3.99. The van der Waals surface area contributed by atoms with Gasteiger partial charge in [0.15, 0.2) is 0 Å². The van der Waals surface area contributed by atoms with Crippen LogP contribution in [0.2, 0.25) is 0 Å². The Labute approximate surface area is 121 Å². The van der Waals surface area contributed by atoms with Crippen LogP contribution in [-0.4, -0.2) is 46.8 Å². The lowest BCUT2D eigenvalue weighted by atomic mass is 9.92. The molecule has 0 unspecified atom stereocenters. The second-order valence-corrected chi connectivity index (χ2v) is 6.50. The summed E-state index contributed by atoms with van der Waals surface area (Å²) in [6.07, 6.45) is 10.8. The van der Waals surface area contributed by atoms with Crippen LogP contribution in [0.3, 0.4) is 0 Å². The predicted octanol–water partition coefficient (Wildman–Crippen LogP) is 2.32. The molecule has 4 heteroatoms. The maximum Gasteiger partial charge on any atom is 0.246 e. The first-order valence-corrected chi connectivity index (χ1v) is 8.40. The van der Waals surface area contributed by atoms with E-state index >= 15 is 0 Å². The van der Waals surface area contributed by atoms with E-state index in [0.29, 0.717) is 0 Å². The standard InChI is InChI=1S/C16H26N2O2/c19-15-13-9-5-1-3-7-11-17(13)16(20)14-10-6-2-4-8-12-18(14)15/h13-14H,1-12H2/t13-,14-/m0/s1. The Hall–Kier alpha value is -1.06. The fourth-order valence-electron chi connectivity index (χ4n) is 3.99. The molecule has 0 radical (unpaired) electrons. The molecule has 4 nitrogen and oxygen atoms in total. The monoisotopic (exact) mass is 278 g/mol. The molecule has 0 bridgehead atoms. The summed E-state index contributed by atoms with van der Waals surface area (Å²) < 4.78 is 0. The number of carbonyl (C=O) groups is 2. The van der Waals surface area contributed by atoms with Crippen LogP contribution in [0.15, 0.2) is 0 Å². The SMILES string of the molecule is O=C1[C@@H]2CCCCCCN2C(=O)[C@@H]2CCCCCCN12. The topological polar surface area (TPSA) is 40.6 Å². The normalized spacial score (nSPS) is 32.6. The maximum atomic E-state index is 12.8. The minimum absolute atomic E-state index is 0.154. The number of fused-ring (bicyclic) bond motifs is 2. The highest BCUT2D eigenvalue weighted by Gasteiger charge is 2.45. The molecule has 3 heterocycles. The Morgan fingerprint density at radius 2 is 1.00 bits per heavy atom. The Bertz CT molecular complexity index is 315. The average Bonchev–Trinajstić information content (AvgIpc) is 2.36. The molecule has 0 spiro atoms. The highest BCUT2D eigenvalue weighted by molar-refractivity contribution is 5.97. The molecule has 0 aliphatic carbocycles. The van der Waals surface area contributed by atoms with E-state index in [1.165, 1.54) is 25.7 Å². The van der Waals surface area contributed by atoms with Crippen LogP contribution in [0, 0.1) is 0 Å². The molecule has 3 aliphatic rings. The lowest BCUT2D eigenvalue weighted by Crippen LogP contribution is -2.65. The van der Waals surface area contributed by atoms with E-state index < -0.39 is 0 Å². The van der Waals surface area contributed by atoms with Gasteiger partial charge in [-0.1, -0.05) is 38.5 Å². The molecule has 2 amide bonds. The third kappa shape index (κ3) is 2.57. The lowest BCUT2D eigenvalue weighted by molar-refractivity contribution is -0.163. The summed E-state index contributed by atoms with van der Waals surface area (Å²) in [5.74, 6) is 0.469. The van der Waals surface area contributed by atoms with E-state index in [1.807, 2.05) is 9.80 Å². The van der Waals surface area contributed by atoms with Gasteiger partial charge in [-0.2, -0.15) is 0 Å². The van der Waals surface area contributed by atoms with Crippen molar-refractivity contribution in [1.82, 2.24) is 9.80 Å². The van der Waals surface area contributed by atoms with E-state index in [4.69, 9.17) is 0 Å². The van der Waals surface area contributed by atoms with Gasteiger partial charge in [-0.3, -0.25) is 9.59 Å². The number of piperazine rings is 1. The third-order valence-electron chi connectivity index (χ3n) is 5.14. The van der Waals surface area contributed by atoms with E-state index in [2.05, 4.69) is 0 Å². The summed E-state index contributed by atoms with van der Waals surface area (Å²) in [6.45, 7) is 1.58. The average molecular weight is 278 g/mol. The van der Waals surface area contributed by atoms with Crippen LogP contribution in [-0.2, 0) is 9.59 Å². The van der Waals surface area contributed by atoms with Crippen LogP contribution >= 0.6 is 0 Å². The highest BCUT2D eigenvalue weighted by Crippen LogP contribution is 2.29. The number of hydrogen-bond donors (Lipinski definition) is 0. The van der Waals surface area contributed by atoms with Crippen molar-refractivity contribution in [2.75, 3.05) is 13.1 Å². The van der Waals surface area contributed by atoms with E-state index in [0.717, 1.165) is 51.6 Å². The van der Waals surface area contributed by atoms with Gasteiger partial charge in [0.2, 0.25) is 11.8 Å². The number of hydrogen-bond acceptors (Lipinski definition) is 2. The van der Waals surface area contributed by atoms with Crippen molar-refractivity contribution in [1.29, 1.82) is 0 Å². The minimum atomic E-state index is -0.154. The highest BCUT2D eigenvalue weighted by atomic mass is 16.2. The first-order chi connectivity index (χ1) is 9.79. The Morgan fingerprint density at radius 1 is 0.600 bits per heavy atom. The zero-order valence-electron chi connectivity index (χ0n) is 12.4.